The normalized spacial score (nSPS) is 20.6. The molecule has 0 saturated carbocycles. The maximum Gasteiger partial charge on any atom is 0.193 e. The summed E-state index contributed by atoms with van der Waals surface area (Å²) in [5.41, 5.74) is 1.41. The van der Waals surface area contributed by atoms with Crippen molar-refractivity contribution in [2.75, 3.05) is 86.3 Å². The van der Waals surface area contributed by atoms with Gasteiger partial charge in [-0.25, -0.2) is 0 Å². The number of hydrogen-bond donors (Lipinski definition) is 1. The van der Waals surface area contributed by atoms with E-state index in [1.807, 2.05) is 7.05 Å². The molecule has 7 nitrogen and oxygen atoms in total. The smallest absolute Gasteiger partial charge is 0.193 e. The van der Waals surface area contributed by atoms with Crippen LogP contribution in [-0.4, -0.2) is 107 Å². The van der Waals surface area contributed by atoms with Crippen molar-refractivity contribution in [2.45, 2.75) is 13.0 Å². The molecule has 2 fully saturated rings. The molecule has 1 unspecified atom stereocenters. The summed E-state index contributed by atoms with van der Waals surface area (Å²) in [6.07, 6.45) is 1.16. The first kappa shape index (κ1) is 26.3. The number of nitrogens with zero attached hydrogens (tertiary/aromatic N) is 4. The summed E-state index contributed by atoms with van der Waals surface area (Å²) >= 11 is 0. The third-order valence-electron chi connectivity index (χ3n) is 6.01. The molecular weight excluding hydrogens is 505 g/mol. The van der Waals surface area contributed by atoms with Gasteiger partial charge in [0.1, 0.15) is 0 Å². The molecule has 8 heteroatoms. The predicted octanol–water partition coefficient (Wildman–Crippen LogP) is 1.98. The average Bonchev–Trinajstić information content (AvgIpc) is 3.25. The van der Waals surface area contributed by atoms with Gasteiger partial charge in [-0.05, 0) is 12.0 Å². The number of rotatable bonds is 10. The van der Waals surface area contributed by atoms with E-state index in [0.29, 0.717) is 19.1 Å². The van der Waals surface area contributed by atoms with Gasteiger partial charge in [-0.2, -0.15) is 0 Å². The quantitative estimate of drug-likeness (QED) is 0.210. The highest BCUT2D eigenvalue weighted by Crippen LogP contribution is 2.16. The largest absolute Gasteiger partial charge is 0.382 e. The summed E-state index contributed by atoms with van der Waals surface area (Å²) in [4.78, 5) is 12.0. The lowest BCUT2D eigenvalue weighted by Crippen LogP contribution is -2.49. The Hall–Kier alpha value is -0.940. The lowest BCUT2D eigenvalue weighted by Gasteiger charge is -2.35. The van der Waals surface area contributed by atoms with Gasteiger partial charge in [0, 0.05) is 79.0 Å². The van der Waals surface area contributed by atoms with Crippen LogP contribution in [0.15, 0.2) is 35.3 Å². The molecule has 0 aliphatic carbocycles. The van der Waals surface area contributed by atoms with Gasteiger partial charge in [0.2, 0.25) is 0 Å². The topological polar surface area (TPSA) is 52.6 Å². The van der Waals surface area contributed by atoms with E-state index in [4.69, 9.17) is 9.47 Å². The van der Waals surface area contributed by atoms with E-state index in [1.54, 1.807) is 7.11 Å². The van der Waals surface area contributed by atoms with E-state index >= 15 is 0 Å². The molecule has 2 saturated heterocycles. The van der Waals surface area contributed by atoms with Crippen LogP contribution in [0.5, 0.6) is 0 Å². The van der Waals surface area contributed by atoms with Gasteiger partial charge in [-0.15, -0.1) is 24.0 Å². The minimum absolute atomic E-state index is 0. The third-order valence-corrected chi connectivity index (χ3v) is 6.01. The standard InChI is InChI=1S/C23H39N5O2.HI/c1-24-23(28-10-8-22(19-28)20-30-17-16-29-2)25-9-11-26-12-14-27(15-13-26)18-21-6-4-3-5-7-21;/h3-7,22H,8-20H2,1-2H3,(H,24,25);1H. The van der Waals surface area contributed by atoms with Gasteiger partial charge in [-0.1, -0.05) is 30.3 Å². The van der Waals surface area contributed by atoms with Crippen LogP contribution >= 0.6 is 24.0 Å². The number of nitrogens with one attached hydrogen (secondary N) is 1. The minimum atomic E-state index is 0. The zero-order valence-corrected chi connectivity index (χ0v) is 21.5. The highest BCUT2D eigenvalue weighted by molar-refractivity contribution is 14.0. The van der Waals surface area contributed by atoms with Crippen molar-refractivity contribution in [2.24, 2.45) is 10.9 Å². The molecule has 1 atom stereocenters. The zero-order valence-electron chi connectivity index (χ0n) is 19.2. The number of hydrogen-bond acceptors (Lipinski definition) is 5. The second kappa shape index (κ2) is 15.0. The molecule has 1 N–H and O–H groups in total. The fourth-order valence-corrected chi connectivity index (χ4v) is 4.22. The Morgan fingerprint density at radius 1 is 1.06 bits per heavy atom. The number of piperazine rings is 1. The third kappa shape index (κ3) is 9.21. The van der Waals surface area contributed by atoms with E-state index in [-0.39, 0.29) is 24.0 Å². The van der Waals surface area contributed by atoms with Crippen molar-refractivity contribution >= 4 is 29.9 Å². The van der Waals surface area contributed by atoms with Crippen molar-refractivity contribution < 1.29 is 9.47 Å². The first-order chi connectivity index (χ1) is 14.8. The number of guanidine groups is 1. The average molecular weight is 546 g/mol. The monoisotopic (exact) mass is 545 g/mol. The Balaban J connectivity index is 0.00000341. The van der Waals surface area contributed by atoms with Crippen LogP contribution < -0.4 is 5.32 Å². The number of aliphatic imine (C=N–C) groups is 1. The summed E-state index contributed by atoms with van der Waals surface area (Å²) in [6.45, 7) is 11.8. The molecule has 176 valence electrons. The van der Waals surface area contributed by atoms with Crippen molar-refractivity contribution in [3.63, 3.8) is 0 Å². The van der Waals surface area contributed by atoms with Gasteiger partial charge in [0.05, 0.1) is 19.8 Å². The van der Waals surface area contributed by atoms with Crippen LogP contribution in [-0.2, 0) is 16.0 Å². The summed E-state index contributed by atoms with van der Waals surface area (Å²) in [5.74, 6) is 1.61. The van der Waals surface area contributed by atoms with Crippen LogP contribution in [0, 0.1) is 5.92 Å². The number of benzene rings is 1. The summed E-state index contributed by atoms with van der Waals surface area (Å²) < 4.78 is 10.7. The maximum absolute atomic E-state index is 5.70. The fourth-order valence-electron chi connectivity index (χ4n) is 4.22. The van der Waals surface area contributed by atoms with Crippen molar-refractivity contribution in [3.05, 3.63) is 35.9 Å². The van der Waals surface area contributed by atoms with Gasteiger partial charge in [0.25, 0.3) is 0 Å². The van der Waals surface area contributed by atoms with E-state index < -0.39 is 0 Å². The molecule has 0 bridgehead atoms. The second-order valence-corrected chi connectivity index (χ2v) is 8.25. The summed E-state index contributed by atoms with van der Waals surface area (Å²) in [6, 6.07) is 10.8. The van der Waals surface area contributed by atoms with Crippen molar-refractivity contribution in [3.8, 4) is 0 Å². The van der Waals surface area contributed by atoms with Crippen LogP contribution in [0.2, 0.25) is 0 Å². The van der Waals surface area contributed by atoms with Gasteiger partial charge < -0.3 is 19.7 Å². The Morgan fingerprint density at radius 2 is 1.81 bits per heavy atom. The molecule has 3 rings (SSSR count). The second-order valence-electron chi connectivity index (χ2n) is 8.25. The van der Waals surface area contributed by atoms with Gasteiger partial charge in [-0.3, -0.25) is 14.8 Å². The number of ether oxygens (including phenoxy) is 2. The van der Waals surface area contributed by atoms with Crippen LogP contribution in [0.4, 0.5) is 0 Å². The number of likely N-dealkylation sites (tertiary alicyclic amines) is 1. The van der Waals surface area contributed by atoms with E-state index in [9.17, 15) is 0 Å². The minimum Gasteiger partial charge on any atom is -0.382 e. The number of halogens is 1. The van der Waals surface area contributed by atoms with E-state index in [1.165, 1.54) is 5.56 Å². The van der Waals surface area contributed by atoms with Gasteiger partial charge in [0.15, 0.2) is 5.96 Å². The molecule has 0 aromatic heterocycles. The Morgan fingerprint density at radius 3 is 2.52 bits per heavy atom. The Kier molecular flexibility index (Phi) is 12.7. The molecule has 0 amide bonds. The lowest BCUT2D eigenvalue weighted by molar-refractivity contribution is 0.0536. The highest BCUT2D eigenvalue weighted by atomic mass is 127. The van der Waals surface area contributed by atoms with Crippen molar-refractivity contribution in [1.29, 1.82) is 0 Å². The van der Waals surface area contributed by atoms with E-state index in [2.05, 4.69) is 55.3 Å². The summed E-state index contributed by atoms with van der Waals surface area (Å²) in [5, 5.41) is 3.57. The molecule has 2 aliphatic rings. The lowest BCUT2D eigenvalue weighted by atomic mass is 10.1. The molecule has 31 heavy (non-hydrogen) atoms. The van der Waals surface area contributed by atoms with Crippen LogP contribution in [0.25, 0.3) is 0 Å². The molecule has 2 aliphatic heterocycles. The Labute approximate surface area is 205 Å². The molecule has 2 heterocycles. The Bertz CT molecular complexity index is 626. The molecule has 1 aromatic carbocycles. The van der Waals surface area contributed by atoms with Crippen LogP contribution in [0.3, 0.4) is 0 Å². The SMILES string of the molecule is CN=C(NCCN1CCN(Cc2ccccc2)CC1)N1CCC(COCCOC)C1.I. The first-order valence-electron chi connectivity index (χ1n) is 11.3. The molecule has 1 aromatic rings. The van der Waals surface area contributed by atoms with Gasteiger partial charge >= 0.3 is 0 Å². The zero-order chi connectivity index (χ0) is 21.0. The summed E-state index contributed by atoms with van der Waals surface area (Å²) in [7, 11) is 3.59. The van der Waals surface area contributed by atoms with E-state index in [0.717, 1.165) is 77.9 Å². The van der Waals surface area contributed by atoms with Crippen LogP contribution in [0.1, 0.15) is 12.0 Å². The maximum atomic E-state index is 5.70. The molecule has 0 spiro atoms. The molecule has 0 radical (unpaired) electrons. The fraction of sp³-hybridized carbons (Fsp3) is 0.696. The highest BCUT2D eigenvalue weighted by Gasteiger charge is 2.25. The first-order valence-corrected chi connectivity index (χ1v) is 11.3. The van der Waals surface area contributed by atoms with Crippen molar-refractivity contribution in [1.82, 2.24) is 20.0 Å². The predicted molar refractivity (Wildman–Crippen MR) is 137 cm³/mol. The molecular formula is C23H40IN5O2. The number of methoxy groups -OCH3 is 1.